The molecule has 0 heterocycles. The highest BCUT2D eigenvalue weighted by molar-refractivity contribution is 14.1. The molecular weight excluding hydrogens is 329 g/mol. The van der Waals surface area contributed by atoms with Crippen molar-refractivity contribution in [2.75, 3.05) is 12.4 Å². The van der Waals surface area contributed by atoms with E-state index in [1.54, 1.807) is 0 Å². The summed E-state index contributed by atoms with van der Waals surface area (Å²) in [6.07, 6.45) is 0. The summed E-state index contributed by atoms with van der Waals surface area (Å²) in [6, 6.07) is 5.79. The van der Waals surface area contributed by atoms with Crippen molar-refractivity contribution >= 4 is 34.2 Å². The zero-order chi connectivity index (χ0) is 13.0. The molecule has 3 nitrogen and oxygen atoms in total. The molecule has 0 saturated carbocycles. The molecular formula is C13H18INO2. The average molecular weight is 347 g/mol. The number of anilines is 1. The summed E-state index contributed by atoms with van der Waals surface area (Å²) in [5.41, 5.74) is 2.18. The molecule has 1 rings (SSSR count). The van der Waals surface area contributed by atoms with E-state index in [2.05, 4.69) is 34.0 Å². The smallest absolute Gasteiger partial charge is 0.328 e. The molecule has 0 aliphatic rings. The van der Waals surface area contributed by atoms with E-state index in [9.17, 15) is 4.79 Å². The van der Waals surface area contributed by atoms with Crippen LogP contribution in [0.3, 0.4) is 0 Å². The van der Waals surface area contributed by atoms with Crippen molar-refractivity contribution in [3.05, 3.63) is 27.3 Å². The second kappa shape index (κ2) is 6.23. The number of benzene rings is 1. The van der Waals surface area contributed by atoms with Crippen molar-refractivity contribution in [2.24, 2.45) is 5.92 Å². The molecule has 0 fully saturated rings. The first kappa shape index (κ1) is 14.3. The predicted octanol–water partition coefficient (Wildman–Crippen LogP) is 3.21. The van der Waals surface area contributed by atoms with Gasteiger partial charge in [0, 0.05) is 9.26 Å². The summed E-state index contributed by atoms with van der Waals surface area (Å²) in [5, 5.41) is 3.24. The Morgan fingerprint density at radius 2 is 2.06 bits per heavy atom. The van der Waals surface area contributed by atoms with Gasteiger partial charge in [-0.2, -0.15) is 0 Å². The van der Waals surface area contributed by atoms with Crippen LogP contribution in [-0.2, 0) is 9.53 Å². The number of methoxy groups -OCH3 is 1. The van der Waals surface area contributed by atoms with Crippen LogP contribution in [0, 0.1) is 16.4 Å². The van der Waals surface area contributed by atoms with Crippen LogP contribution in [0.15, 0.2) is 18.2 Å². The Balaban J connectivity index is 2.90. The minimum Gasteiger partial charge on any atom is -0.467 e. The summed E-state index contributed by atoms with van der Waals surface area (Å²) >= 11 is 2.26. The van der Waals surface area contributed by atoms with Crippen molar-refractivity contribution in [1.29, 1.82) is 0 Å². The van der Waals surface area contributed by atoms with Crippen LogP contribution < -0.4 is 5.32 Å². The minimum absolute atomic E-state index is 0.180. The molecule has 1 N–H and O–H groups in total. The van der Waals surface area contributed by atoms with E-state index >= 15 is 0 Å². The van der Waals surface area contributed by atoms with Gasteiger partial charge < -0.3 is 10.1 Å². The number of hydrogen-bond acceptors (Lipinski definition) is 3. The van der Waals surface area contributed by atoms with Crippen LogP contribution in [0.2, 0.25) is 0 Å². The fraction of sp³-hybridized carbons (Fsp3) is 0.462. The topological polar surface area (TPSA) is 38.3 Å². The van der Waals surface area contributed by atoms with E-state index in [0.717, 1.165) is 9.26 Å². The molecule has 0 aromatic heterocycles. The summed E-state index contributed by atoms with van der Waals surface area (Å²) in [6.45, 7) is 6.04. The lowest BCUT2D eigenvalue weighted by molar-refractivity contribution is -0.142. The van der Waals surface area contributed by atoms with Crippen LogP contribution >= 0.6 is 22.6 Å². The first-order chi connectivity index (χ1) is 7.95. The Labute approximate surface area is 116 Å². The lowest BCUT2D eigenvalue weighted by Crippen LogP contribution is -2.35. The molecule has 0 aliphatic heterocycles. The van der Waals surface area contributed by atoms with E-state index in [1.165, 1.54) is 12.7 Å². The Bertz CT molecular complexity index is 404. The van der Waals surface area contributed by atoms with E-state index in [-0.39, 0.29) is 17.9 Å². The number of esters is 1. The molecule has 94 valence electrons. The van der Waals surface area contributed by atoms with E-state index in [1.807, 2.05) is 32.9 Å². The SMILES string of the molecule is COC(=O)[C@@H](Nc1ccc(C)cc1I)C(C)C. The Hall–Kier alpha value is -0.780. The maximum absolute atomic E-state index is 11.6. The third-order valence-corrected chi connectivity index (χ3v) is 3.45. The van der Waals surface area contributed by atoms with E-state index in [4.69, 9.17) is 4.74 Å². The van der Waals surface area contributed by atoms with Crippen LogP contribution in [0.25, 0.3) is 0 Å². The maximum atomic E-state index is 11.6. The predicted molar refractivity (Wildman–Crippen MR) is 78.2 cm³/mol. The highest BCUT2D eigenvalue weighted by atomic mass is 127. The first-order valence-electron chi connectivity index (χ1n) is 5.56. The molecule has 0 aliphatic carbocycles. The summed E-state index contributed by atoms with van der Waals surface area (Å²) in [7, 11) is 1.42. The summed E-state index contributed by atoms with van der Waals surface area (Å²) in [4.78, 5) is 11.6. The van der Waals surface area contributed by atoms with Gasteiger partial charge in [-0.1, -0.05) is 19.9 Å². The second-order valence-corrected chi connectivity index (χ2v) is 5.53. The zero-order valence-electron chi connectivity index (χ0n) is 10.6. The zero-order valence-corrected chi connectivity index (χ0v) is 12.7. The molecule has 1 aromatic rings. The largest absolute Gasteiger partial charge is 0.467 e. The summed E-state index contributed by atoms with van der Waals surface area (Å²) in [5.74, 6) is -0.0454. The number of nitrogens with one attached hydrogen (secondary N) is 1. The van der Waals surface area contributed by atoms with Crippen molar-refractivity contribution in [1.82, 2.24) is 0 Å². The van der Waals surface area contributed by atoms with Gasteiger partial charge >= 0.3 is 5.97 Å². The maximum Gasteiger partial charge on any atom is 0.328 e. The average Bonchev–Trinajstić information content (AvgIpc) is 2.26. The normalized spacial score (nSPS) is 12.4. The van der Waals surface area contributed by atoms with Gasteiger partial charge in [0.1, 0.15) is 6.04 Å². The Morgan fingerprint density at radius 1 is 1.41 bits per heavy atom. The molecule has 0 unspecified atom stereocenters. The monoisotopic (exact) mass is 347 g/mol. The number of halogens is 1. The number of carbonyl (C=O) groups excluding carboxylic acids is 1. The van der Waals surface area contributed by atoms with Gasteiger partial charge in [-0.05, 0) is 53.1 Å². The fourth-order valence-electron chi connectivity index (χ4n) is 1.53. The van der Waals surface area contributed by atoms with Crippen molar-refractivity contribution in [2.45, 2.75) is 26.8 Å². The summed E-state index contributed by atoms with van der Waals surface area (Å²) < 4.78 is 5.91. The van der Waals surface area contributed by atoms with Crippen molar-refractivity contribution in [3.63, 3.8) is 0 Å². The van der Waals surface area contributed by atoms with Gasteiger partial charge in [0.15, 0.2) is 0 Å². The van der Waals surface area contributed by atoms with E-state index < -0.39 is 0 Å². The van der Waals surface area contributed by atoms with Gasteiger partial charge in [0.05, 0.1) is 7.11 Å². The van der Waals surface area contributed by atoms with E-state index in [0.29, 0.717) is 0 Å². The first-order valence-corrected chi connectivity index (χ1v) is 6.64. The van der Waals surface area contributed by atoms with Crippen molar-refractivity contribution in [3.8, 4) is 0 Å². The number of aryl methyl sites for hydroxylation is 1. The second-order valence-electron chi connectivity index (χ2n) is 4.37. The molecule has 1 atom stereocenters. The molecule has 1 aromatic carbocycles. The number of ether oxygens (including phenoxy) is 1. The molecule has 0 bridgehead atoms. The van der Waals surface area contributed by atoms with Crippen LogP contribution in [0.5, 0.6) is 0 Å². The van der Waals surface area contributed by atoms with Crippen LogP contribution in [0.1, 0.15) is 19.4 Å². The van der Waals surface area contributed by atoms with Crippen LogP contribution in [-0.4, -0.2) is 19.1 Å². The Kier molecular flexibility index (Phi) is 5.24. The molecule has 17 heavy (non-hydrogen) atoms. The molecule has 0 spiro atoms. The lowest BCUT2D eigenvalue weighted by Gasteiger charge is -2.21. The van der Waals surface area contributed by atoms with Crippen molar-refractivity contribution < 1.29 is 9.53 Å². The van der Waals surface area contributed by atoms with Gasteiger partial charge in [0.25, 0.3) is 0 Å². The number of rotatable bonds is 4. The Morgan fingerprint density at radius 3 is 2.53 bits per heavy atom. The lowest BCUT2D eigenvalue weighted by atomic mass is 10.0. The van der Waals surface area contributed by atoms with Gasteiger partial charge in [-0.25, -0.2) is 4.79 Å². The molecule has 0 radical (unpaired) electrons. The molecule has 0 saturated heterocycles. The van der Waals surface area contributed by atoms with Gasteiger partial charge in [0.2, 0.25) is 0 Å². The molecule has 0 amide bonds. The highest BCUT2D eigenvalue weighted by Gasteiger charge is 2.23. The highest BCUT2D eigenvalue weighted by Crippen LogP contribution is 2.22. The standard InChI is InChI=1S/C13H18INO2/c1-8(2)12(13(16)17-4)15-11-6-5-9(3)7-10(11)14/h5-8,12,15H,1-4H3/t12-/m0/s1. The quantitative estimate of drug-likeness (QED) is 0.672. The third-order valence-electron chi connectivity index (χ3n) is 2.56. The fourth-order valence-corrected chi connectivity index (χ4v) is 2.36. The minimum atomic E-state index is -0.309. The van der Waals surface area contributed by atoms with Crippen LogP contribution in [0.4, 0.5) is 5.69 Å². The third kappa shape index (κ3) is 3.87. The number of carbonyl (C=O) groups is 1. The van der Waals surface area contributed by atoms with Gasteiger partial charge in [-0.15, -0.1) is 0 Å². The number of hydrogen-bond donors (Lipinski definition) is 1. The van der Waals surface area contributed by atoms with Gasteiger partial charge in [-0.3, -0.25) is 0 Å². The molecule has 4 heteroatoms.